The van der Waals surface area contributed by atoms with Crippen molar-refractivity contribution in [2.45, 2.75) is 4.21 Å². The highest BCUT2D eigenvalue weighted by molar-refractivity contribution is 7.94. The van der Waals surface area contributed by atoms with Crippen molar-refractivity contribution in [2.75, 3.05) is 42.4 Å². The molecule has 1 saturated heterocycles. The fourth-order valence-corrected chi connectivity index (χ4v) is 5.86. The van der Waals surface area contributed by atoms with Gasteiger partial charge < -0.3 is 9.80 Å². The molecule has 2 heterocycles. The highest BCUT2D eigenvalue weighted by Crippen LogP contribution is 2.26. The number of carbonyl (C=O) groups excluding carboxylic acids is 1. The third-order valence-electron chi connectivity index (χ3n) is 5.35. The fraction of sp³-hybridized carbons (Fsp3) is 0.227. The molecule has 0 bridgehead atoms. The summed E-state index contributed by atoms with van der Waals surface area (Å²) in [4.78, 5) is 16.8. The van der Waals surface area contributed by atoms with Crippen LogP contribution in [0.5, 0.6) is 0 Å². The zero-order chi connectivity index (χ0) is 22.0. The maximum Gasteiger partial charge on any atom is 0.273 e. The van der Waals surface area contributed by atoms with Crippen LogP contribution < -0.4 is 9.21 Å². The first-order valence-corrected chi connectivity index (χ1v) is 12.1. The Morgan fingerprint density at radius 3 is 2.19 bits per heavy atom. The highest BCUT2D eigenvalue weighted by atomic mass is 32.2. The van der Waals surface area contributed by atoms with E-state index in [9.17, 15) is 17.6 Å². The second-order valence-electron chi connectivity index (χ2n) is 7.21. The Bertz CT molecular complexity index is 1140. The molecule has 162 valence electrons. The second-order valence-corrected chi connectivity index (χ2v) is 10.4. The van der Waals surface area contributed by atoms with E-state index in [1.165, 1.54) is 34.8 Å². The zero-order valence-electron chi connectivity index (χ0n) is 16.9. The SMILES string of the molecule is CN(c1ccc(C(=O)N2CCN(c3ccc(F)cc3)CC2)cc1)S(=O)(=O)c1cccs1. The lowest BCUT2D eigenvalue weighted by Crippen LogP contribution is -2.48. The number of nitrogens with zero attached hydrogens (tertiary/aromatic N) is 3. The third-order valence-corrected chi connectivity index (χ3v) is 8.50. The summed E-state index contributed by atoms with van der Waals surface area (Å²) in [6.45, 7) is 2.45. The zero-order valence-corrected chi connectivity index (χ0v) is 18.6. The summed E-state index contributed by atoms with van der Waals surface area (Å²) < 4.78 is 39.9. The van der Waals surface area contributed by atoms with E-state index in [2.05, 4.69) is 4.90 Å². The van der Waals surface area contributed by atoms with Gasteiger partial charge in [0.15, 0.2) is 0 Å². The first-order chi connectivity index (χ1) is 14.9. The topological polar surface area (TPSA) is 60.9 Å². The van der Waals surface area contributed by atoms with Crippen LogP contribution in [-0.4, -0.2) is 52.5 Å². The van der Waals surface area contributed by atoms with Crippen molar-refractivity contribution in [1.29, 1.82) is 0 Å². The standard InChI is InChI=1S/C22H22FN3O3S2/c1-24(31(28,29)21-3-2-16-30-21)19-8-4-17(5-9-19)22(27)26-14-12-25(13-15-26)20-10-6-18(23)7-11-20/h2-11,16H,12-15H2,1H3. The molecule has 3 aromatic rings. The lowest BCUT2D eigenvalue weighted by Gasteiger charge is -2.36. The lowest BCUT2D eigenvalue weighted by molar-refractivity contribution is 0.0747. The van der Waals surface area contributed by atoms with E-state index in [1.807, 2.05) is 0 Å². The van der Waals surface area contributed by atoms with Crippen LogP contribution in [0.25, 0.3) is 0 Å². The van der Waals surface area contributed by atoms with Crippen LogP contribution in [0.3, 0.4) is 0 Å². The van der Waals surface area contributed by atoms with Crippen molar-refractivity contribution in [3.63, 3.8) is 0 Å². The molecular weight excluding hydrogens is 437 g/mol. The Hall–Kier alpha value is -2.91. The van der Waals surface area contributed by atoms with E-state index in [0.717, 1.165) is 5.69 Å². The first kappa shape index (κ1) is 21.3. The number of halogens is 1. The molecule has 0 atom stereocenters. The van der Waals surface area contributed by atoms with Gasteiger partial charge in [0, 0.05) is 44.5 Å². The van der Waals surface area contributed by atoms with Crippen molar-refractivity contribution in [3.8, 4) is 0 Å². The molecule has 1 fully saturated rings. The molecule has 1 aliphatic rings. The number of sulfonamides is 1. The molecule has 1 aromatic heterocycles. The highest BCUT2D eigenvalue weighted by Gasteiger charge is 2.24. The van der Waals surface area contributed by atoms with E-state index in [-0.39, 0.29) is 15.9 Å². The monoisotopic (exact) mass is 459 g/mol. The molecule has 4 rings (SSSR count). The predicted octanol–water partition coefficient (Wildman–Crippen LogP) is 3.67. The van der Waals surface area contributed by atoms with E-state index >= 15 is 0 Å². The number of amides is 1. The molecule has 0 N–H and O–H groups in total. The lowest BCUT2D eigenvalue weighted by atomic mass is 10.1. The van der Waals surface area contributed by atoms with Crippen molar-refractivity contribution in [3.05, 3.63) is 77.4 Å². The van der Waals surface area contributed by atoms with Gasteiger partial charge in [-0.1, -0.05) is 6.07 Å². The van der Waals surface area contributed by atoms with Crippen LogP contribution in [-0.2, 0) is 10.0 Å². The average molecular weight is 460 g/mol. The van der Waals surface area contributed by atoms with E-state index < -0.39 is 10.0 Å². The first-order valence-electron chi connectivity index (χ1n) is 9.78. The largest absolute Gasteiger partial charge is 0.368 e. The Labute approximate surface area is 185 Å². The number of hydrogen-bond donors (Lipinski definition) is 0. The molecule has 1 amide bonds. The molecule has 6 nitrogen and oxygen atoms in total. The summed E-state index contributed by atoms with van der Waals surface area (Å²) in [5.41, 5.74) is 1.94. The molecule has 1 aliphatic heterocycles. The summed E-state index contributed by atoms with van der Waals surface area (Å²) in [5.74, 6) is -0.357. The minimum Gasteiger partial charge on any atom is -0.368 e. The van der Waals surface area contributed by atoms with Gasteiger partial charge in [-0.15, -0.1) is 11.3 Å². The van der Waals surface area contributed by atoms with Crippen LogP contribution in [0.2, 0.25) is 0 Å². The maximum absolute atomic E-state index is 13.1. The van der Waals surface area contributed by atoms with Gasteiger partial charge in [-0.25, -0.2) is 12.8 Å². The van der Waals surface area contributed by atoms with Crippen LogP contribution >= 0.6 is 11.3 Å². The summed E-state index contributed by atoms with van der Waals surface area (Å²) >= 11 is 1.17. The number of piperazine rings is 1. The van der Waals surface area contributed by atoms with Crippen molar-refractivity contribution < 1.29 is 17.6 Å². The third kappa shape index (κ3) is 4.42. The number of hydrogen-bond acceptors (Lipinski definition) is 5. The van der Waals surface area contributed by atoms with Crippen LogP contribution in [0.15, 0.2) is 70.3 Å². The quantitative estimate of drug-likeness (QED) is 0.584. The van der Waals surface area contributed by atoms with Gasteiger partial charge in [0.1, 0.15) is 10.0 Å². The molecule has 0 spiro atoms. The van der Waals surface area contributed by atoms with Crippen LogP contribution in [0.1, 0.15) is 10.4 Å². The molecule has 31 heavy (non-hydrogen) atoms. The Balaban J connectivity index is 1.40. The number of thiophene rings is 1. The number of carbonyl (C=O) groups is 1. The number of benzene rings is 2. The van der Waals surface area contributed by atoms with Crippen LogP contribution in [0, 0.1) is 5.82 Å². The molecule has 2 aromatic carbocycles. The van der Waals surface area contributed by atoms with Gasteiger partial charge in [0.25, 0.3) is 15.9 Å². The van der Waals surface area contributed by atoms with Gasteiger partial charge in [-0.2, -0.15) is 0 Å². The summed E-state index contributed by atoms with van der Waals surface area (Å²) in [6.07, 6.45) is 0. The van der Waals surface area contributed by atoms with Gasteiger partial charge in [0.2, 0.25) is 0 Å². The summed E-state index contributed by atoms with van der Waals surface area (Å²) in [7, 11) is -2.11. The smallest absolute Gasteiger partial charge is 0.273 e. The fourth-order valence-electron chi connectivity index (χ4n) is 3.50. The van der Waals surface area contributed by atoms with Crippen molar-refractivity contribution in [1.82, 2.24) is 4.90 Å². The van der Waals surface area contributed by atoms with Gasteiger partial charge in [-0.3, -0.25) is 9.10 Å². The summed E-state index contributed by atoms with van der Waals surface area (Å²) in [5, 5.41) is 1.72. The Kier molecular flexibility index (Phi) is 5.97. The van der Waals surface area contributed by atoms with E-state index in [0.29, 0.717) is 37.4 Å². The number of rotatable bonds is 5. The second kappa shape index (κ2) is 8.68. The number of anilines is 2. The van der Waals surface area contributed by atoms with E-state index in [4.69, 9.17) is 0 Å². The van der Waals surface area contributed by atoms with Crippen LogP contribution in [0.4, 0.5) is 15.8 Å². The minimum absolute atomic E-state index is 0.0888. The molecule has 9 heteroatoms. The normalized spacial score (nSPS) is 14.5. The Morgan fingerprint density at radius 2 is 1.61 bits per heavy atom. The molecule has 0 unspecified atom stereocenters. The maximum atomic E-state index is 13.1. The van der Waals surface area contributed by atoms with E-state index in [1.54, 1.807) is 58.8 Å². The average Bonchev–Trinajstić information content (AvgIpc) is 3.35. The Morgan fingerprint density at radius 1 is 0.968 bits per heavy atom. The molecule has 0 aliphatic carbocycles. The predicted molar refractivity (Wildman–Crippen MR) is 121 cm³/mol. The van der Waals surface area contributed by atoms with Gasteiger partial charge >= 0.3 is 0 Å². The van der Waals surface area contributed by atoms with Gasteiger partial charge in [0.05, 0.1) is 5.69 Å². The van der Waals surface area contributed by atoms with Crippen molar-refractivity contribution in [2.24, 2.45) is 0 Å². The molecule has 0 radical (unpaired) electrons. The minimum atomic E-state index is -3.61. The van der Waals surface area contributed by atoms with Gasteiger partial charge in [-0.05, 0) is 60.0 Å². The van der Waals surface area contributed by atoms with Crippen molar-refractivity contribution >= 4 is 38.6 Å². The summed E-state index contributed by atoms with van der Waals surface area (Å²) in [6, 6.07) is 16.2. The molecular formula is C22H22FN3O3S2. The molecule has 0 saturated carbocycles.